The molecule has 0 saturated carbocycles. The van der Waals surface area contributed by atoms with Crippen LogP contribution in [0, 0.1) is 0 Å². The summed E-state index contributed by atoms with van der Waals surface area (Å²) in [7, 11) is -0.511. The van der Waals surface area contributed by atoms with Crippen molar-refractivity contribution < 1.29 is 19.2 Å². The van der Waals surface area contributed by atoms with Crippen LogP contribution in [-0.2, 0) is 9.31 Å². The average Bonchev–Trinajstić information content (AvgIpc) is 3.04. The summed E-state index contributed by atoms with van der Waals surface area (Å²) >= 11 is 1.26. The molecule has 5 nitrogen and oxygen atoms in total. The van der Waals surface area contributed by atoms with Gasteiger partial charge in [0, 0.05) is 16.6 Å². The van der Waals surface area contributed by atoms with Crippen LogP contribution in [0.1, 0.15) is 42.9 Å². The highest BCUT2D eigenvalue weighted by molar-refractivity contribution is 7.20. The van der Waals surface area contributed by atoms with Gasteiger partial charge in [-0.05, 0) is 50.9 Å². The lowest BCUT2D eigenvalue weighted by Crippen LogP contribution is -2.41. The first kappa shape index (κ1) is 18.1. The highest BCUT2D eigenvalue weighted by Gasteiger charge is 2.52. The van der Waals surface area contributed by atoms with Gasteiger partial charge in [-0.25, -0.2) is 4.79 Å². The molecular weight excluding hydrogens is 337 g/mol. The highest BCUT2D eigenvalue weighted by Crippen LogP contribution is 2.39. The lowest BCUT2D eigenvalue weighted by atomic mass is 9.77. The van der Waals surface area contributed by atoms with Crippen molar-refractivity contribution in [2.45, 2.75) is 38.9 Å². The van der Waals surface area contributed by atoms with Crippen LogP contribution in [0.25, 0.3) is 16.2 Å². The lowest BCUT2D eigenvalue weighted by Gasteiger charge is -2.32. The first-order chi connectivity index (χ1) is 11.6. The van der Waals surface area contributed by atoms with Crippen LogP contribution in [0.3, 0.4) is 0 Å². The number of aromatic carboxylic acids is 1. The molecule has 25 heavy (non-hydrogen) atoms. The topological polar surface area (TPSA) is 81.8 Å². The summed E-state index contributed by atoms with van der Waals surface area (Å²) in [5.41, 5.74) is 6.83. The third-order valence-corrected chi connectivity index (χ3v) is 6.03. The van der Waals surface area contributed by atoms with E-state index in [1.165, 1.54) is 11.3 Å². The van der Waals surface area contributed by atoms with Gasteiger partial charge in [0.25, 0.3) is 0 Å². The quantitative estimate of drug-likeness (QED) is 0.816. The van der Waals surface area contributed by atoms with Crippen LogP contribution in [-0.4, -0.2) is 35.9 Å². The fraction of sp³-hybridized carbons (Fsp3) is 0.389. The van der Waals surface area contributed by atoms with Gasteiger partial charge in [0.05, 0.1) is 11.2 Å². The normalized spacial score (nSPS) is 19.6. The van der Waals surface area contributed by atoms with E-state index < -0.39 is 24.3 Å². The standard InChI is InChI=1S/C18H22BNO4S/c1-17(2)18(3,4)24-19(23-17)12(10-20)8-11-6-5-7-14-13(11)9-15(25-14)16(21)22/h5-9H,10,20H2,1-4H3,(H,21,22). The molecule has 3 N–H and O–H groups in total. The van der Waals surface area contributed by atoms with Gasteiger partial charge in [-0.15, -0.1) is 11.3 Å². The Bertz CT molecular complexity index is 840. The zero-order valence-corrected chi connectivity index (χ0v) is 15.6. The molecule has 2 heterocycles. The van der Waals surface area contributed by atoms with Gasteiger partial charge >= 0.3 is 13.1 Å². The van der Waals surface area contributed by atoms with Gasteiger partial charge in [0.1, 0.15) is 4.88 Å². The summed E-state index contributed by atoms with van der Waals surface area (Å²) in [6.07, 6.45) is 1.95. The van der Waals surface area contributed by atoms with E-state index >= 15 is 0 Å². The summed E-state index contributed by atoms with van der Waals surface area (Å²) in [4.78, 5) is 11.6. The molecule has 0 amide bonds. The predicted octanol–water partition coefficient (Wildman–Crippen LogP) is 3.57. The van der Waals surface area contributed by atoms with Gasteiger partial charge in [-0.3, -0.25) is 0 Å². The Morgan fingerprint density at radius 1 is 1.28 bits per heavy atom. The minimum absolute atomic E-state index is 0.295. The molecule has 0 radical (unpaired) electrons. The summed E-state index contributed by atoms with van der Waals surface area (Å²) in [6.45, 7) is 8.29. The molecule has 0 aliphatic carbocycles. The molecule has 1 saturated heterocycles. The second kappa shape index (κ2) is 6.25. The maximum absolute atomic E-state index is 11.2. The highest BCUT2D eigenvalue weighted by atomic mass is 32.1. The Hall–Kier alpha value is -1.67. The smallest absolute Gasteiger partial charge is 0.477 e. The minimum atomic E-state index is -0.916. The number of nitrogens with two attached hydrogens (primary N) is 1. The molecule has 1 aliphatic rings. The fourth-order valence-electron chi connectivity index (χ4n) is 2.73. The number of carboxylic acid groups (broad SMARTS) is 1. The molecule has 0 bridgehead atoms. The van der Waals surface area contributed by atoms with E-state index in [-0.39, 0.29) is 0 Å². The van der Waals surface area contributed by atoms with E-state index in [4.69, 9.17) is 15.0 Å². The van der Waals surface area contributed by atoms with Crippen molar-refractivity contribution in [1.29, 1.82) is 0 Å². The lowest BCUT2D eigenvalue weighted by molar-refractivity contribution is 0.00578. The van der Waals surface area contributed by atoms with E-state index in [1.807, 2.05) is 52.0 Å². The van der Waals surface area contributed by atoms with Gasteiger partial charge in [-0.1, -0.05) is 18.2 Å². The van der Waals surface area contributed by atoms with Crippen molar-refractivity contribution in [2.24, 2.45) is 5.73 Å². The van der Waals surface area contributed by atoms with Crippen molar-refractivity contribution in [3.05, 3.63) is 40.2 Å². The second-order valence-electron chi connectivity index (χ2n) is 7.19. The number of benzene rings is 1. The summed E-state index contributed by atoms with van der Waals surface area (Å²) < 4.78 is 13.1. The molecule has 3 rings (SSSR count). The van der Waals surface area contributed by atoms with E-state index in [2.05, 4.69) is 0 Å². The molecule has 7 heteroatoms. The van der Waals surface area contributed by atoms with Crippen LogP contribution in [0.5, 0.6) is 0 Å². The molecule has 2 aromatic rings. The van der Waals surface area contributed by atoms with E-state index in [1.54, 1.807) is 6.07 Å². The van der Waals surface area contributed by atoms with Gasteiger partial charge in [0.15, 0.2) is 0 Å². The Morgan fingerprint density at radius 3 is 2.48 bits per heavy atom. The molecule has 1 aromatic heterocycles. The Morgan fingerprint density at radius 2 is 1.92 bits per heavy atom. The molecule has 1 aromatic carbocycles. The third-order valence-electron chi connectivity index (χ3n) is 4.94. The van der Waals surface area contributed by atoms with Crippen LogP contribution >= 0.6 is 11.3 Å². The number of fused-ring (bicyclic) bond motifs is 1. The Balaban J connectivity index is 2.01. The number of carboxylic acids is 1. The largest absolute Gasteiger partial charge is 0.491 e. The number of hydrogen-bond donors (Lipinski definition) is 2. The van der Waals surface area contributed by atoms with E-state index in [0.29, 0.717) is 11.4 Å². The molecule has 1 aliphatic heterocycles. The third kappa shape index (κ3) is 3.25. The molecule has 132 valence electrons. The zero-order chi connectivity index (χ0) is 18.4. The predicted molar refractivity (Wildman–Crippen MR) is 102 cm³/mol. The van der Waals surface area contributed by atoms with Crippen molar-refractivity contribution in [3.8, 4) is 0 Å². The second-order valence-corrected chi connectivity index (χ2v) is 8.27. The van der Waals surface area contributed by atoms with Gasteiger partial charge in [-0.2, -0.15) is 0 Å². The number of thiophene rings is 1. The maximum Gasteiger partial charge on any atom is 0.491 e. The van der Waals surface area contributed by atoms with Crippen molar-refractivity contribution in [3.63, 3.8) is 0 Å². The van der Waals surface area contributed by atoms with Crippen LogP contribution in [0.4, 0.5) is 0 Å². The van der Waals surface area contributed by atoms with Gasteiger partial charge < -0.3 is 20.1 Å². The van der Waals surface area contributed by atoms with Crippen LogP contribution in [0.2, 0.25) is 0 Å². The molecule has 1 fully saturated rings. The maximum atomic E-state index is 11.2. The number of rotatable bonds is 4. The van der Waals surface area contributed by atoms with Gasteiger partial charge in [0.2, 0.25) is 0 Å². The zero-order valence-electron chi connectivity index (χ0n) is 14.8. The Kier molecular flexibility index (Phi) is 4.53. The average molecular weight is 359 g/mol. The first-order valence-corrected chi connectivity index (χ1v) is 8.98. The van der Waals surface area contributed by atoms with Crippen LogP contribution in [0.15, 0.2) is 29.7 Å². The van der Waals surface area contributed by atoms with E-state index in [9.17, 15) is 9.90 Å². The number of carbonyl (C=O) groups is 1. The van der Waals surface area contributed by atoms with Crippen LogP contribution < -0.4 is 5.73 Å². The monoisotopic (exact) mass is 359 g/mol. The molecule has 0 unspecified atom stereocenters. The van der Waals surface area contributed by atoms with Crippen molar-refractivity contribution >= 4 is 40.6 Å². The molecular formula is C18H22BNO4S. The summed E-state index contributed by atoms with van der Waals surface area (Å²) in [6, 6.07) is 7.48. The fourth-order valence-corrected chi connectivity index (χ4v) is 3.67. The SMILES string of the molecule is CC1(C)OB(C(=Cc2cccc3sc(C(=O)O)cc23)CN)OC1(C)C. The first-order valence-electron chi connectivity index (χ1n) is 8.16. The summed E-state index contributed by atoms with van der Waals surface area (Å²) in [5, 5.41) is 10.1. The molecule has 0 spiro atoms. The molecule has 0 atom stereocenters. The van der Waals surface area contributed by atoms with E-state index in [0.717, 1.165) is 21.1 Å². The van der Waals surface area contributed by atoms with Crippen molar-refractivity contribution in [1.82, 2.24) is 0 Å². The minimum Gasteiger partial charge on any atom is -0.477 e. The Labute approximate surface area is 151 Å². The van der Waals surface area contributed by atoms with Crippen molar-refractivity contribution in [2.75, 3.05) is 6.54 Å². The summed E-state index contributed by atoms with van der Waals surface area (Å²) in [5.74, 6) is -0.916. The number of hydrogen-bond acceptors (Lipinski definition) is 5.